The van der Waals surface area contributed by atoms with Crippen LogP contribution in [0.5, 0.6) is 0 Å². The molecular formula is C23H47Cl. The zero-order valence-electron chi connectivity index (χ0n) is 17.5. The van der Waals surface area contributed by atoms with E-state index in [1.807, 2.05) is 0 Å². The molecule has 0 aliphatic carbocycles. The molecule has 0 fully saturated rings. The molecule has 0 aromatic heterocycles. The van der Waals surface area contributed by atoms with Crippen molar-refractivity contribution in [3.63, 3.8) is 0 Å². The van der Waals surface area contributed by atoms with Gasteiger partial charge in [0.05, 0.1) is 0 Å². The number of alkyl halides is 1. The van der Waals surface area contributed by atoms with Crippen LogP contribution < -0.4 is 0 Å². The first-order valence-corrected chi connectivity index (χ1v) is 11.6. The molecule has 0 spiro atoms. The SMILES string of the molecule is CCCCCCCCCCCCCCCCC(CCC)C(C)(C)Cl. The summed E-state index contributed by atoms with van der Waals surface area (Å²) in [7, 11) is 0. The zero-order valence-corrected chi connectivity index (χ0v) is 18.2. The molecule has 0 rings (SSSR count). The molecule has 0 aromatic carbocycles. The Labute approximate surface area is 159 Å². The molecule has 0 aliphatic rings. The van der Waals surface area contributed by atoms with Gasteiger partial charge in [-0.15, -0.1) is 11.6 Å². The average Bonchev–Trinajstić information content (AvgIpc) is 2.53. The molecule has 1 heteroatoms. The summed E-state index contributed by atoms with van der Waals surface area (Å²) in [6, 6.07) is 0. The minimum absolute atomic E-state index is 0.0213. The number of rotatable bonds is 18. The third-order valence-electron chi connectivity index (χ3n) is 5.51. The summed E-state index contributed by atoms with van der Waals surface area (Å²) in [5.41, 5.74) is 0. The van der Waals surface area contributed by atoms with Crippen LogP contribution in [0.4, 0.5) is 0 Å². The van der Waals surface area contributed by atoms with Crippen molar-refractivity contribution < 1.29 is 0 Å². The summed E-state index contributed by atoms with van der Waals surface area (Å²) in [5.74, 6) is 0.696. The van der Waals surface area contributed by atoms with Gasteiger partial charge in [0.15, 0.2) is 0 Å². The van der Waals surface area contributed by atoms with Gasteiger partial charge in [0.2, 0.25) is 0 Å². The van der Waals surface area contributed by atoms with E-state index in [0.717, 1.165) is 0 Å². The second kappa shape index (κ2) is 16.7. The van der Waals surface area contributed by atoms with Crippen molar-refractivity contribution in [1.82, 2.24) is 0 Å². The summed E-state index contributed by atoms with van der Waals surface area (Å²) in [6.07, 6.45) is 24.0. The van der Waals surface area contributed by atoms with Gasteiger partial charge in [0, 0.05) is 4.87 Å². The molecule has 0 saturated heterocycles. The van der Waals surface area contributed by atoms with Crippen molar-refractivity contribution in [3.8, 4) is 0 Å². The molecule has 0 amide bonds. The zero-order chi connectivity index (χ0) is 18.1. The first-order chi connectivity index (χ1) is 11.5. The van der Waals surface area contributed by atoms with Gasteiger partial charge in [-0.05, 0) is 32.6 Å². The van der Waals surface area contributed by atoms with Crippen LogP contribution in [0.2, 0.25) is 0 Å². The predicted molar refractivity (Wildman–Crippen MR) is 113 cm³/mol. The summed E-state index contributed by atoms with van der Waals surface area (Å²) in [6.45, 7) is 8.96. The summed E-state index contributed by atoms with van der Waals surface area (Å²) >= 11 is 6.54. The second-order valence-corrected chi connectivity index (χ2v) is 9.41. The Hall–Kier alpha value is 0.290. The average molecular weight is 359 g/mol. The number of unbranched alkanes of at least 4 members (excludes halogenated alkanes) is 13. The van der Waals surface area contributed by atoms with Gasteiger partial charge in [-0.3, -0.25) is 0 Å². The van der Waals surface area contributed by atoms with E-state index in [4.69, 9.17) is 11.6 Å². The Bertz CT molecular complexity index is 241. The van der Waals surface area contributed by atoms with Gasteiger partial charge in [0.25, 0.3) is 0 Å². The normalized spacial score (nSPS) is 13.4. The van der Waals surface area contributed by atoms with Crippen molar-refractivity contribution >= 4 is 11.6 Å². The first kappa shape index (κ1) is 24.3. The van der Waals surface area contributed by atoms with E-state index < -0.39 is 0 Å². The largest absolute Gasteiger partial charge is 0.120 e. The van der Waals surface area contributed by atoms with E-state index in [1.54, 1.807) is 0 Å². The third kappa shape index (κ3) is 15.8. The first-order valence-electron chi connectivity index (χ1n) is 11.2. The molecule has 0 saturated carbocycles. The maximum atomic E-state index is 6.54. The molecule has 0 aliphatic heterocycles. The monoisotopic (exact) mass is 358 g/mol. The molecule has 0 bridgehead atoms. The van der Waals surface area contributed by atoms with Crippen LogP contribution in [0, 0.1) is 5.92 Å². The summed E-state index contributed by atoms with van der Waals surface area (Å²) in [5, 5.41) is 0. The van der Waals surface area contributed by atoms with Crippen LogP contribution in [0.15, 0.2) is 0 Å². The van der Waals surface area contributed by atoms with Gasteiger partial charge in [-0.25, -0.2) is 0 Å². The van der Waals surface area contributed by atoms with Gasteiger partial charge in [-0.1, -0.05) is 110 Å². The Morgan fingerprint density at radius 1 is 0.542 bits per heavy atom. The van der Waals surface area contributed by atoms with Gasteiger partial charge >= 0.3 is 0 Å². The Morgan fingerprint density at radius 3 is 1.25 bits per heavy atom. The lowest BCUT2D eigenvalue weighted by Gasteiger charge is -2.28. The summed E-state index contributed by atoms with van der Waals surface area (Å²) in [4.78, 5) is -0.0213. The lowest BCUT2D eigenvalue weighted by Crippen LogP contribution is -2.24. The lowest BCUT2D eigenvalue weighted by atomic mass is 9.86. The van der Waals surface area contributed by atoms with Crippen LogP contribution >= 0.6 is 11.6 Å². The fourth-order valence-corrected chi connectivity index (χ4v) is 3.98. The van der Waals surface area contributed by atoms with Crippen molar-refractivity contribution in [2.24, 2.45) is 5.92 Å². The van der Waals surface area contributed by atoms with Crippen LogP contribution in [-0.4, -0.2) is 4.87 Å². The Kier molecular flexibility index (Phi) is 16.9. The number of halogens is 1. The fourth-order valence-electron chi connectivity index (χ4n) is 3.76. The highest BCUT2D eigenvalue weighted by molar-refractivity contribution is 6.23. The topological polar surface area (TPSA) is 0 Å². The highest BCUT2D eigenvalue weighted by atomic mass is 35.5. The van der Waals surface area contributed by atoms with Gasteiger partial charge < -0.3 is 0 Å². The van der Waals surface area contributed by atoms with Crippen LogP contribution in [-0.2, 0) is 0 Å². The molecule has 0 radical (unpaired) electrons. The van der Waals surface area contributed by atoms with E-state index in [2.05, 4.69) is 27.7 Å². The van der Waals surface area contributed by atoms with E-state index in [-0.39, 0.29) is 4.87 Å². The molecule has 0 aromatic rings. The van der Waals surface area contributed by atoms with E-state index in [1.165, 1.54) is 109 Å². The van der Waals surface area contributed by atoms with Gasteiger partial charge in [0.1, 0.15) is 0 Å². The quantitative estimate of drug-likeness (QED) is 0.169. The standard InChI is InChI=1S/C23H47Cl/c1-5-7-8-9-10-11-12-13-14-15-16-17-18-19-21-22(20-6-2)23(3,4)24/h22H,5-21H2,1-4H3. The van der Waals surface area contributed by atoms with Crippen LogP contribution in [0.1, 0.15) is 137 Å². The van der Waals surface area contributed by atoms with Crippen LogP contribution in [0.25, 0.3) is 0 Å². The van der Waals surface area contributed by atoms with E-state index in [0.29, 0.717) is 5.92 Å². The number of hydrogen-bond acceptors (Lipinski definition) is 0. The van der Waals surface area contributed by atoms with Crippen molar-refractivity contribution in [3.05, 3.63) is 0 Å². The minimum atomic E-state index is -0.0213. The predicted octanol–water partition coefficient (Wildman–Crippen LogP) is 9.29. The second-order valence-electron chi connectivity index (χ2n) is 8.43. The molecule has 0 nitrogen and oxygen atoms in total. The van der Waals surface area contributed by atoms with E-state index >= 15 is 0 Å². The smallest absolute Gasteiger partial charge is 0.0418 e. The Balaban J connectivity index is 3.30. The lowest BCUT2D eigenvalue weighted by molar-refractivity contribution is 0.344. The molecule has 0 N–H and O–H groups in total. The molecule has 146 valence electrons. The van der Waals surface area contributed by atoms with Crippen molar-refractivity contribution in [2.75, 3.05) is 0 Å². The number of hydrogen-bond donors (Lipinski definition) is 0. The maximum Gasteiger partial charge on any atom is 0.0418 e. The molecule has 1 unspecified atom stereocenters. The van der Waals surface area contributed by atoms with Crippen molar-refractivity contribution in [1.29, 1.82) is 0 Å². The van der Waals surface area contributed by atoms with Crippen molar-refractivity contribution in [2.45, 2.75) is 142 Å². The van der Waals surface area contributed by atoms with Gasteiger partial charge in [-0.2, -0.15) is 0 Å². The fraction of sp³-hybridized carbons (Fsp3) is 1.00. The van der Waals surface area contributed by atoms with Crippen LogP contribution in [0.3, 0.4) is 0 Å². The molecule has 0 heterocycles. The molecule has 24 heavy (non-hydrogen) atoms. The maximum absolute atomic E-state index is 6.54. The third-order valence-corrected chi connectivity index (χ3v) is 5.82. The molecular weight excluding hydrogens is 312 g/mol. The van der Waals surface area contributed by atoms with E-state index in [9.17, 15) is 0 Å². The highest BCUT2D eigenvalue weighted by Crippen LogP contribution is 2.32. The Morgan fingerprint density at radius 2 is 0.917 bits per heavy atom. The molecule has 1 atom stereocenters. The minimum Gasteiger partial charge on any atom is -0.120 e. The summed E-state index contributed by atoms with van der Waals surface area (Å²) < 4.78 is 0. The highest BCUT2D eigenvalue weighted by Gasteiger charge is 2.25.